The van der Waals surface area contributed by atoms with Crippen LogP contribution in [0.5, 0.6) is 17.2 Å². The highest BCUT2D eigenvalue weighted by atomic mass is 16.5. The van der Waals surface area contributed by atoms with Crippen molar-refractivity contribution in [3.05, 3.63) is 78.4 Å². The number of fused-ring (bicyclic) bond motifs is 1. The van der Waals surface area contributed by atoms with Gasteiger partial charge in [-0.2, -0.15) is 0 Å². The molecule has 1 amide bonds. The van der Waals surface area contributed by atoms with Crippen molar-refractivity contribution in [2.75, 3.05) is 37.6 Å². The number of hydrogen-bond acceptors (Lipinski definition) is 5. The molecule has 1 aliphatic heterocycles. The summed E-state index contributed by atoms with van der Waals surface area (Å²) < 4.78 is 17.1. The van der Waals surface area contributed by atoms with E-state index in [-0.39, 0.29) is 5.91 Å². The Kier molecular flexibility index (Phi) is 5.71. The van der Waals surface area contributed by atoms with Crippen LogP contribution in [0.1, 0.15) is 17.3 Å². The van der Waals surface area contributed by atoms with Gasteiger partial charge in [0.05, 0.1) is 12.8 Å². The van der Waals surface area contributed by atoms with E-state index in [1.165, 1.54) is 0 Å². The molecule has 0 saturated heterocycles. The second-order valence-corrected chi connectivity index (χ2v) is 7.85. The standard InChI is InChI=1S/C25H26N2O4/c1-25(16-30-21-12-10-20(29-3)11-13-21)17-31-23-14-9-18(15-22(23)26-25)24(28)27(2)19-7-5-4-6-8-19/h4-15,26H,16-17H2,1-3H3. The maximum Gasteiger partial charge on any atom is 0.258 e. The molecule has 4 rings (SSSR count). The molecule has 160 valence electrons. The number of benzene rings is 3. The molecular formula is C25H26N2O4. The van der Waals surface area contributed by atoms with Crippen LogP contribution in [0.3, 0.4) is 0 Å². The van der Waals surface area contributed by atoms with Gasteiger partial charge in [0.25, 0.3) is 5.91 Å². The Bertz CT molecular complexity index is 1050. The number of methoxy groups -OCH3 is 1. The quantitative estimate of drug-likeness (QED) is 0.633. The van der Waals surface area contributed by atoms with E-state index in [1.54, 1.807) is 25.1 Å². The molecule has 0 aromatic heterocycles. The van der Waals surface area contributed by atoms with Gasteiger partial charge in [0.2, 0.25) is 0 Å². The zero-order valence-electron chi connectivity index (χ0n) is 17.9. The highest BCUT2D eigenvalue weighted by molar-refractivity contribution is 6.06. The first kappa shape index (κ1) is 20.6. The van der Waals surface area contributed by atoms with Crippen LogP contribution in [0, 0.1) is 0 Å². The monoisotopic (exact) mass is 418 g/mol. The summed E-state index contributed by atoms with van der Waals surface area (Å²) >= 11 is 0. The van der Waals surface area contributed by atoms with Crippen LogP contribution in [0.2, 0.25) is 0 Å². The van der Waals surface area contributed by atoms with Gasteiger partial charge in [0.1, 0.15) is 36.0 Å². The van der Waals surface area contributed by atoms with E-state index in [1.807, 2.05) is 73.7 Å². The number of ether oxygens (including phenoxy) is 3. The van der Waals surface area contributed by atoms with Gasteiger partial charge in [-0.15, -0.1) is 0 Å². The molecule has 6 heteroatoms. The van der Waals surface area contributed by atoms with Crippen LogP contribution < -0.4 is 24.4 Å². The average Bonchev–Trinajstić information content (AvgIpc) is 2.82. The second-order valence-electron chi connectivity index (χ2n) is 7.85. The lowest BCUT2D eigenvalue weighted by molar-refractivity contribution is 0.0993. The van der Waals surface area contributed by atoms with E-state index in [0.29, 0.717) is 18.8 Å². The Morgan fingerprint density at radius 3 is 2.48 bits per heavy atom. The fourth-order valence-electron chi connectivity index (χ4n) is 3.44. The molecule has 0 fully saturated rings. The molecule has 0 aliphatic carbocycles. The first-order chi connectivity index (χ1) is 15.0. The van der Waals surface area contributed by atoms with Crippen molar-refractivity contribution in [2.24, 2.45) is 0 Å². The molecule has 0 radical (unpaired) electrons. The fourth-order valence-corrected chi connectivity index (χ4v) is 3.44. The lowest BCUT2D eigenvalue weighted by Crippen LogP contribution is -2.48. The summed E-state index contributed by atoms with van der Waals surface area (Å²) in [5.41, 5.74) is 1.76. The highest BCUT2D eigenvalue weighted by Gasteiger charge is 2.32. The van der Waals surface area contributed by atoms with E-state index in [4.69, 9.17) is 14.2 Å². The van der Waals surface area contributed by atoms with Crippen LogP contribution in [-0.4, -0.2) is 38.8 Å². The van der Waals surface area contributed by atoms with Crippen LogP contribution >= 0.6 is 0 Å². The summed E-state index contributed by atoms with van der Waals surface area (Å²) in [4.78, 5) is 14.6. The van der Waals surface area contributed by atoms with Crippen molar-refractivity contribution < 1.29 is 19.0 Å². The maximum absolute atomic E-state index is 13.0. The molecule has 1 aliphatic rings. The number of nitrogens with one attached hydrogen (secondary N) is 1. The molecule has 31 heavy (non-hydrogen) atoms. The number of nitrogens with zero attached hydrogens (tertiary/aromatic N) is 1. The number of carbonyl (C=O) groups excluding carboxylic acids is 1. The Balaban J connectivity index is 1.47. The zero-order chi connectivity index (χ0) is 21.8. The van der Waals surface area contributed by atoms with Gasteiger partial charge in [0.15, 0.2) is 0 Å². The predicted molar refractivity (Wildman–Crippen MR) is 122 cm³/mol. The lowest BCUT2D eigenvalue weighted by Gasteiger charge is -2.36. The molecule has 1 atom stereocenters. The summed E-state index contributed by atoms with van der Waals surface area (Å²) in [6.45, 7) is 2.89. The Hall–Kier alpha value is -3.67. The number of carbonyl (C=O) groups is 1. The second kappa shape index (κ2) is 8.60. The number of para-hydroxylation sites is 1. The van der Waals surface area contributed by atoms with Gasteiger partial charge in [0, 0.05) is 18.3 Å². The Morgan fingerprint density at radius 2 is 1.77 bits per heavy atom. The van der Waals surface area contributed by atoms with Gasteiger partial charge in [-0.3, -0.25) is 4.79 Å². The van der Waals surface area contributed by atoms with E-state index in [2.05, 4.69) is 5.32 Å². The molecule has 6 nitrogen and oxygen atoms in total. The van der Waals surface area contributed by atoms with E-state index in [9.17, 15) is 4.79 Å². The summed E-state index contributed by atoms with van der Waals surface area (Å²) in [5.74, 6) is 2.17. The van der Waals surface area contributed by atoms with Crippen molar-refractivity contribution >= 4 is 17.3 Å². The zero-order valence-corrected chi connectivity index (χ0v) is 17.9. The minimum atomic E-state index is -0.445. The minimum Gasteiger partial charge on any atom is -0.497 e. The maximum atomic E-state index is 13.0. The molecule has 1 heterocycles. The third kappa shape index (κ3) is 4.58. The Labute approximate surface area is 182 Å². The number of amides is 1. The van der Waals surface area contributed by atoms with E-state index in [0.717, 1.165) is 28.6 Å². The molecule has 3 aromatic carbocycles. The summed E-state index contributed by atoms with van der Waals surface area (Å²) in [7, 11) is 3.40. The van der Waals surface area contributed by atoms with Crippen molar-refractivity contribution in [2.45, 2.75) is 12.5 Å². The van der Waals surface area contributed by atoms with Gasteiger partial charge in [-0.05, 0) is 61.5 Å². The van der Waals surface area contributed by atoms with Crippen molar-refractivity contribution in [1.29, 1.82) is 0 Å². The highest BCUT2D eigenvalue weighted by Crippen LogP contribution is 2.34. The molecule has 0 saturated carbocycles. The van der Waals surface area contributed by atoms with Crippen LogP contribution in [-0.2, 0) is 0 Å². The molecule has 0 spiro atoms. The van der Waals surface area contributed by atoms with E-state index >= 15 is 0 Å². The third-order valence-electron chi connectivity index (χ3n) is 5.27. The smallest absolute Gasteiger partial charge is 0.258 e. The largest absolute Gasteiger partial charge is 0.497 e. The minimum absolute atomic E-state index is 0.0856. The average molecular weight is 418 g/mol. The van der Waals surface area contributed by atoms with Gasteiger partial charge in [-0.25, -0.2) is 0 Å². The molecule has 1 unspecified atom stereocenters. The molecule has 0 bridgehead atoms. The lowest BCUT2D eigenvalue weighted by atomic mass is 10.0. The SMILES string of the molecule is COc1ccc(OCC2(C)COc3ccc(C(=O)N(C)c4ccccc4)cc3N2)cc1. The van der Waals surface area contributed by atoms with Crippen molar-refractivity contribution in [1.82, 2.24) is 0 Å². The Morgan fingerprint density at radius 1 is 1.06 bits per heavy atom. The number of anilines is 2. The first-order valence-electron chi connectivity index (χ1n) is 10.1. The predicted octanol–water partition coefficient (Wildman–Crippen LogP) is 4.61. The van der Waals surface area contributed by atoms with Gasteiger partial charge >= 0.3 is 0 Å². The van der Waals surface area contributed by atoms with Crippen molar-refractivity contribution in [3.8, 4) is 17.2 Å². The van der Waals surface area contributed by atoms with Crippen LogP contribution in [0.4, 0.5) is 11.4 Å². The fraction of sp³-hybridized carbons (Fsp3) is 0.240. The normalized spacial score (nSPS) is 17.0. The van der Waals surface area contributed by atoms with Crippen LogP contribution in [0.15, 0.2) is 72.8 Å². The molecule has 3 aromatic rings. The third-order valence-corrected chi connectivity index (χ3v) is 5.27. The number of rotatable bonds is 6. The summed E-state index contributed by atoms with van der Waals surface area (Å²) in [5, 5.41) is 3.49. The molecular weight excluding hydrogens is 392 g/mol. The molecule has 1 N–H and O–H groups in total. The van der Waals surface area contributed by atoms with Crippen molar-refractivity contribution in [3.63, 3.8) is 0 Å². The summed E-state index contributed by atoms with van der Waals surface area (Å²) in [6.07, 6.45) is 0. The van der Waals surface area contributed by atoms with E-state index < -0.39 is 5.54 Å². The van der Waals surface area contributed by atoms with Gasteiger partial charge in [-0.1, -0.05) is 18.2 Å². The van der Waals surface area contributed by atoms with Gasteiger partial charge < -0.3 is 24.4 Å². The first-order valence-corrected chi connectivity index (χ1v) is 10.1. The van der Waals surface area contributed by atoms with Crippen LogP contribution in [0.25, 0.3) is 0 Å². The number of hydrogen-bond donors (Lipinski definition) is 1. The summed E-state index contributed by atoms with van der Waals surface area (Å²) in [6, 6.07) is 22.5. The topological polar surface area (TPSA) is 60.0 Å².